The molecule has 0 spiro atoms. The largest absolute Gasteiger partial charge is 0.465 e. The lowest BCUT2D eigenvalue weighted by Gasteiger charge is -2.05. The highest BCUT2D eigenvalue weighted by atomic mass is 16.6. The Labute approximate surface area is 175 Å². The zero-order valence-electron chi connectivity index (χ0n) is 17.5. The first-order valence-electron chi connectivity index (χ1n) is 10.9. The number of unbranched alkanes of at least 4 members (excludes halogenated alkanes) is 2. The van der Waals surface area contributed by atoms with Gasteiger partial charge in [-0.25, -0.2) is 0 Å². The Morgan fingerprint density at radius 3 is 1.40 bits per heavy atom. The minimum Gasteiger partial charge on any atom is -0.465 e. The second kappa shape index (κ2) is 7.94. The van der Waals surface area contributed by atoms with Crippen molar-refractivity contribution in [3.8, 4) is 11.9 Å². The van der Waals surface area contributed by atoms with Gasteiger partial charge in [0.1, 0.15) is 11.2 Å². The molecular formula is C26H26O4. The molecule has 30 heavy (non-hydrogen) atoms. The molecule has 0 radical (unpaired) electrons. The fraction of sp³-hybridized carbons (Fsp3) is 0.308. The van der Waals surface area contributed by atoms with E-state index in [1.165, 1.54) is 10.8 Å². The summed E-state index contributed by atoms with van der Waals surface area (Å²) in [6.45, 7) is 5.66. The molecule has 0 aliphatic heterocycles. The Bertz CT molecular complexity index is 1220. The molecule has 5 aromatic rings. The monoisotopic (exact) mass is 402 g/mol. The summed E-state index contributed by atoms with van der Waals surface area (Å²) in [4.78, 5) is 0. The van der Waals surface area contributed by atoms with Gasteiger partial charge >= 0.3 is 0 Å². The second-order valence-electron chi connectivity index (χ2n) is 7.75. The van der Waals surface area contributed by atoms with Crippen LogP contribution >= 0.6 is 0 Å². The number of ether oxygens (including phenoxy) is 2. The number of furan rings is 2. The van der Waals surface area contributed by atoms with Gasteiger partial charge in [0, 0.05) is 22.9 Å². The van der Waals surface area contributed by atoms with Crippen LogP contribution in [0.25, 0.3) is 43.5 Å². The van der Waals surface area contributed by atoms with E-state index in [2.05, 4.69) is 38.1 Å². The van der Waals surface area contributed by atoms with Gasteiger partial charge in [0.2, 0.25) is 0 Å². The van der Waals surface area contributed by atoms with Gasteiger partial charge in [-0.3, -0.25) is 0 Å². The van der Waals surface area contributed by atoms with Gasteiger partial charge in [-0.05, 0) is 46.5 Å². The lowest BCUT2D eigenvalue weighted by molar-refractivity contribution is 0.244. The molecule has 2 heterocycles. The van der Waals surface area contributed by atoms with Gasteiger partial charge < -0.3 is 18.3 Å². The topological polar surface area (TPSA) is 44.7 Å². The van der Waals surface area contributed by atoms with Crippen LogP contribution in [0, 0.1) is 0 Å². The van der Waals surface area contributed by atoms with Gasteiger partial charge in [-0.1, -0.05) is 51.0 Å². The van der Waals surface area contributed by atoms with Crippen LogP contribution in [0.3, 0.4) is 0 Å². The van der Waals surface area contributed by atoms with Gasteiger partial charge in [0.05, 0.1) is 13.2 Å². The molecule has 0 aliphatic rings. The highest BCUT2D eigenvalue weighted by molar-refractivity contribution is 6.21. The van der Waals surface area contributed by atoms with Crippen molar-refractivity contribution in [3.05, 3.63) is 48.5 Å². The number of hydrogen-bond acceptors (Lipinski definition) is 4. The molecule has 0 fully saturated rings. The molecule has 5 rings (SSSR count). The summed E-state index contributed by atoms with van der Waals surface area (Å²) in [7, 11) is 0. The molecule has 0 N–H and O–H groups in total. The van der Waals surface area contributed by atoms with E-state index in [9.17, 15) is 0 Å². The van der Waals surface area contributed by atoms with Crippen LogP contribution in [0.15, 0.2) is 57.4 Å². The predicted molar refractivity (Wildman–Crippen MR) is 122 cm³/mol. The van der Waals surface area contributed by atoms with Crippen molar-refractivity contribution in [1.29, 1.82) is 0 Å². The summed E-state index contributed by atoms with van der Waals surface area (Å²) in [5, 5.41) is 6.87. The van der Waals surface area contributed by atoms with Crippen LogP contribution in [0.4, 0.5) is 0 Å². The molecule has 0 amide bonds. The highest BCUT2D eigenvalue weighted by Gasteiger charge is 2.13. The number of benzene rings is 3. The zero-order chi connectivity index (χ0) is 20.5. The van der Waals surface area contributed by atoms with E-state index in [4.69, 9.17) is 18.3 Å². The third kappa shape index (κ3) is 3.26. The van der Waals surface area contributed by atoms with E-state index in [0.29, 0.717) is 25.1 Å². The molecule has 4 nitrogen and oxygen atoms in total. The van der Waals surface area contributed by atoms with E-state index in [1.54, 1.807) is 0 Å². The van der Waals surface area contributed by atoms with Crippen LogP contribution in [-0.4, -0.2) is 13.2 Å². The normalized spacial score (nSPS) is 11.8. The Balaban J connectivity index is 1.59. The third-order valence-electron chi connectivity index (χ3n) is 5.63. The molecule has 0 bridgehead atoms. The molecule has 154 valence electrons. The van der Waals surface area contributed by atoms with Crippen molar-refractivity contribution in [1.82, 2.24) is 0 Å². The van der Waals surface area contributed by atoms with Crippen molar-refractivity contribution in [2.24, 2.45) is 0 Å². The maximum atomic E-state index is 5.90. The van der Waals surface area contributed by atoms with Crippen molar-refractivity contribution in [2.75, 3.05) is 13.2 Å². The van der Waals surface area contributed by atoms with E-state index in [-0.39, 0.29) is 0 Å². The molecule has 4 heteroatoms. The smallest absolute Gasteiger partial charge is 0.285 e. The molecule has 0 atom stereocenters. The first kappa shape index (κ1) is 18.9. The minimum absolute atomic E-state index is 0.588. The van der Waals surface area contributed by atoms with Gasteiger partial charge in [-0.2, -0.15) is 0 Å². The highest BCUT2D eigenvalue weighted by Crippen LogP contribution is 2.38. The molecule has 0 saturated heterocycles. The van der Waals surface area contributed by atoms with Crippen LogP contribution < -0.4 is 9.47 Å². The maximum absolute atomic E-state index is 5.90. The van der Waals surface area contributed by atoms with Crippen molar-refractivity contribution >= 4 is 43.5 Å². The summed E-state index contributed by atoms with van der Waals surface area (Å²) in [6, 6.07) is 16.7. The van der Waals surface area contributed by atoms with Crippen LogP contribution in [0.2, 0.25) is 0 Å². The van der Waals surface area contributed by atoms with E-state index in [0.717, 1.165) is 58.4 Å². The Hall–Kier alpha value is -3.14. The molecule has 0 aliphatic carbocycles. The molecule has 2 aromatic heterocycles. The SMILES string of the molecule is CCCCOc1cc2c(ccc3c2ccc2c4cc(OCCCC)oc4ccc23)o1. The average molecular weight is 402 g/mol. The average Bonchev–Trinajstić information content (AvgIpc) is 3.37. The third-order valence-corrected chi connectivity index (χ3v) is 5.63. The zero-order valence-corrected chi connectivity index (χ0v) is 17.5. The summed E-state index contributed by atoms with van der Waals surface area (Å²) in [5.74, 6) is 1.18. The lowest BCUT2D eigenvalue weighted by Crippen LogP contribution is -1.94. The van der Waals surface area contributed by atoms with Crippen molar-refractivity contribution in [3.63, 3.8) is 0 Å². The summed E-state index contributed by atoms with van der Waals surface area (Å²) in [5.41, 5.74) is 1.70. The van der Waals surface area contributed by atoms with Gasteiger partial charge in [-0.15, -0.1) is 0 Å². The maximum Gasteiger partial charge on any atom is 0.285 e. The lowest BCUT2D eigenvalue weighted by atomic mass is 9.98. The van der Waals surface area contributed by atoms with Crippen LogP contribution in [-0.2, 0) is 0 Å². The van der Waals surface area contributed by atoms with E-state index < -0.39 is 0 Å². The van der Waals surface area contributed by atoms with Gasteiger partial charge in [0.25, 0.3) is 11.9 Å². The van der Waals surface area contributed by atoms with E-state index in [1.807, 2.05) is 24.3 Å². The predicted octanol–water partition coefficient (Wildman–Crippen LogP) is 7.84. The number of rotatable bonds is 8. The quantitative estimate of drug-likeness (QED) is 0.196. The fourth-order valence-corrected chi connectivity index (χ4v) is 3.99. The minimum atomic E-state index is 0.588. The van der Waals surface area contributed by atoms with Crippen LogP contribution in [0.5, 0.6) is 11.9 Å². The Morgan fingerprint density at radius 2 is 0.967 bits per heavy atom. The molecule has 0 saturated carbocycles. The molecular weight excluding hydrogens is 376 g/mol. The standard InChI is InChI=1S/C26H26O4/c1-3-5-13-27-25-15-21-19-7-8-20-18(17(19)9-11-23(21)29-25)10-12-24-22(20)16-26(30-24)28-14-6-4-2/h7-12,15-16H,3-6,13-14H2,1-2H3. The van der Waals surface area contributed by atoms with Gasteiger partial charge in [0.15, 0.2) is 0 Å². The number of hydrogen-bond donors (Lipinski definition) is 0. The van der Waals surface area contributed by atoms with Crippen molar-refractivity contribution in [2.45, 2.75) is 39.5 Å². The number of fused-ring (bicyclic) bond motifs is 7. The summed E-state index contributed by atoms with van der Waals surface area (Å²) < 4.78 is 23.4. The summed E-state index contributed by atoms with van der Waals surface area (Å²) >= 11 is 0. The second-order valence-corrected chi connectivity index (χ2v) is 7.75. The molecule has 3 aromatic carbocycles. The Morgan fingerprint density at radius 1 is 0.567 bits per heavy atom. The van der Waals surface area contributed by atoms with Crippen molar-refractivity contribution < 1.29 is 18.3 Å². The van der Waals surface area contributed by atoms with E-state index >= 15 is 0 Å². The first-order valence-corrected chi connectivity index (χ1v) is 10.9. The first-order chi connectivity index (χ1) is 14.8. The molecule has 0 unspecified atom stereocenters. The summed E-state index contributed by atoms with van der Waals surface area (Å²) in [6.07, 6.45) is 4.24. The van der Waals surface area contributed by atoms with Crippen LogP contribution in [0.1, 0.15) is 39.5 Å². The Kier molecular flexibility index (Phi) is 4.99. The fourth-order valence-electron chi connectivity index (χ4n) is 3.99.